The number of benzene rings is 7. The van der Waals surface area contributed by atoms with E-state index < -0.39 is 0 Å². The lowest BCUT2D eigenvalue weighted by atomic mass is 10.0. The van der Waals surface area contributed by atoms with Gasteiger partial charge in [-0.05, 0) is 65.7 Å². The number of nitrogens with zero attached hydrogens (tertiary/aromatic N) is 3. The van der Waals surface area contributed by atoms with E-state index in [1.54, 1.807) is 0 Å². The first-order chi connectivity index (χ1) is 24.8. The Morgan fingerprint density at radius 1 is 0.360 bits per heavy atom. The lowest BCUT2D eigenvalue weighted by Gasteiger charge is -2.12. The summed E-state index contributed by atoms with van der Waals surface area (Å²) in [5.74, 6) is 0.700. The molecule has 0 radical (unpaired) electrons. The van der Waals surface area contributed by atoms with Crippen LogP contribution in [0.15, 0.2) is 176 Å². The second-order valence-corrected chi connectivity index (χ2v) is 13.7. The maximum absolute atomic E-state index is 5.11. The maximum atomic E-state index is 5.11. The lowest BCUT2D eigenvalue weighted by Crippen LogP contribution is -1.98. The van der Waals surface area contributed by atoms with Gasteiger partial charge < -0.3 is 4.57 Å². The quantitative estimate of drug-likeness (QED) is 0.185. The van der Waals surface area contributed by atoms with Crippen molar-refractivity contribution < 1.29 is 0 Å². The molecule has 0 bridgehead atoms. The minimum absolute atomic E-state index is 0.700. The van der Waals surface area contributed by atoms with Gasteiger partial charge >= 0.3 is 0 Å². The number of para-hydroxylation sites is 1. The first kappa shape index (κ1) is 28.6. The summed E-state index contributed by atoms with van der Waals surface area (Å²) in [5.41, 5.74) is 10.7. The molecule has 0 N–H and O–H groups in total. The van der Waals surface area contributed by atoms with Crippen LogP contribution in [0.25, 0.3) is 92.7 Å². The number of aromatic nitrogens is 3. The molecule has 0 amide bonds. The first-order valence-corrected chi connectivity index (χ1v) is 17.6. The van der Waals surface area contributed by atoms with Crippen molar-refractivity contribution in [3.63, 3.8) is 0 Å². The van der Waals surface area contributed by atoms with E-state index in [-0.39, 0.29) is 0 Å². The summed E-state index contributed by atoms with van der Waals surface area (Å²) in [5, 5.41) is 5.09. The summed E-state index contributed by atoms with van der Waals surface area (Å²) in [6, 6.07) is 62.5. The Hall–Kier alpha value is -6.36. The molecule has 4 heteroatoms. The molecule has 0 aliphatic rings. The summed E-state index contributed by atoms with van der Waals surface area (Å²) < 4.78 is 5.02. The Morgan fingerprint density at radius 3 is 1.70 bits per heavy atom. The van der Waals surface area contributed by atoms with Crippen LogP contribution in [-0.4, -0.2) is 14.5 Å². The zero-order valence-corrected chi connectivity index (χ0v) is 27.8. The molecule has 0 spiro atoms. The van der Waals surface area contributed by atoms with Crippen LogP contribution in [0, 0.1) is 0 Å². The summed E-state index contributed by atoms with van der Waals surface area (Å²) in [6.07, 6.45) is 0. The molecule has 7 aromatic carbocycles. The summed E-state index contributed by atoms with van der Waals surface area (Å²) in [6.45, 7) is 0. The van der Waals surface area contributed by atoms with E-state index in [1.165, 1.54) is 47.6 Å². The van der Waals surface area contributed by atoms with E-state index in [9.17, 15) is 0 Å². The van der Waals surface area contributed by atoms with Gasteiger partial charge in [0.25, 0.3) is 0 Å². The molecule has 234 valence electrons. The molecule has 10 rings (SSSR count). The smallest absolute Gasteiger partial charge is 0.160 e. The van der Waals surface area contributed by atoms with E-state index in [0.29, 0.717) is 5.82 Å². The molecule has 0 atom stereocenters. The number of hydrogen-bond donors (Lipinski definition) is 0. The average molecular weight is 656 g/mol. The fourth-order valence-corrected chi connectivity index (χ4v) is 8.30. The van der Waals surface area contributed by atoms with E-state index in [4.69, 9.17) is 9.97 Å². The van der Waals surface area contributed by atoms with Crippen molar-refractivity contribution in [2.24, 2.45) is 0 Å². The van der Waals surface area contributed by atoms with E-state index in [1.807, 2.05) is 23.5 Å². The van der Waals surface area contributed by atoms with Crippen LogP contribution in [0.4, 0.5) is 0 Å². The molecule has 0 unspecified atom stereocenters. The van der Waals surface area contributed by atoms with Crippen molar-refractivity contribution in [3.05, 3.63) is 176 Å². The first-order valence-electron chi connectivity index (χ1n) is 16.8. The van der Waals surface area contributed by atoms with Gasteiger partial charge in [0.05, 0.1) is 22.4 Å². The Kier molecular flexibility index (Phi) is 6.68. The molecule has 0 saturated heterocycles. The largest absolute Gasteiger partial charge is 0.309 e. The van der Waals surface area contributed by atoms with Gasteiger partial charge in [0, 0.05) is 53.3 Å². The van der Waals surface area contributed by atoms with Gasteiger partial charge in [0.1, 0.15) is 0 Å². The normalized spacial score (nSPS) is 11.6. The van der Waals surface area contributed by atoms with Crippen LogP contribution < -0.4 is 0 Å². The Labute approximate surface area is 293 Å². The fraction of sp³-hybridized carbons (Fsp3) is 0. The highest BCUT2D eigenvalue weighted by atomic mass is 32.1. The monoisotopic (exact) mass is 655 g/mol. The molecular formula is C46H29N3S. The van der Waals surface area contributed by atoms with Crippen molar-refractivity contribution in [2.45, 2.75) is 0 Å². The minimum atomic E-state index is 0.700. The van der Waals surface area contributed by atoms with E-state index >= 15 is 0 Å². The SMILES string of the molecule is c1ccc(-c2cc(-c3ccccc3)nc(-c3cccc(-n4c5ccccc5c5cc(-c6ccc7sc8ccccc8c7c6)ccc54)c3)n2)cc1. The van der Waals surface area contributed by atoms with Gasteiger partial charge in [-0.3, -0.25) is 0 Å². The molecule has 10 aromatic rings. The van der Waals surface area contributed by atoms with Gasteiger partial charge in [-0.2, -0.15) is 0 Å². The predicted octanol–water partition coefficient (Wildman–Crippen LogP) is 12.6. The van der Waals surface area contributed by atoms with Crippen LogP contribution in [0.2, 0.25) is 0 Å². The molecule has 3 nitrogen and oxygen atoms in total. The van der Waals surface area contributed by atoms with Crippen LogP contribution in [0.5, 0.6) is 0 Å². The van der Waals surface area contributed by atoms with Crippen molar-refractivity contribution in [2.75, 3.05) is 0 Å². The lowest BCUT2D eigenvalue weighted by molar-refractivity contribution is 1.16. The highest BCUT2D eigenvalue weighted by Gasteiger charge is 2.16. The number of thiophene rings is 1. The Balaban J connectivity index is 1.12. The third-order valence-electron chi connectivity index (χ3n) is 9.61. The molecule has 0 saturated carbocycles. The average Bonchev–Trinajstić information content (AvgIpc) is 3.73. The molecule has 3 aromatic heterocycles. The minimum Gasteiger partial charge on any atom is -0.309 e. The predicted molar refractivity (Wildman–Crippen MR) is 211 cm³/mol. The zero-order valence-electron chi connectivity index (χ0n) is 27.0. The van der Waals surface area contributed by atoms with Gasteiger partial charge in [0.2, 0.25) is 0 Å². The summed E-state index contributed by atoms with van der Waals surface area (Å²) in [4.78, 5) is 10.2. The number of rotatable bonds is 5. The van der Waals surface area contributed by atoms with Crippen LogP contribution in [-0.2, 0) is 0 Å². The molecule has 3 heterocycles. The van der Waals surface area contributed by atoms with Gasteiger partial charge in [-0.15, -0.1) is 11.3 Å². The highest BCUT2D eigenvalue weighted by Crippen LogP contribution is 2.39. The van der Waals surface area contributed by atoms with Gasteiger partial charge in [-0.1, -0.05) is 121 Å². The summed E-state index contributed by atoms with van der Waals surface area (Å²) in [7, 11) is 0. The van der Waals surface area contributed by atoms with Crippen molar-refractivity contribution in [3.8, 4) is 50.7 Å². The standard InChI is InChI=1S/C46H29N3S/c1-3-12-30(13-4-1)40-29-41(31-14-5-2-6-15-31)48-46(47-40)34-16-11-17-35(26-34)49-42-20-9-7-18-36(42)38-27-32(22-24-43(38)49)33-23-25-45-39(28-33)37-19-8-10-21-44(37)50-45/h1-29H. The van der Waals surface area contributed by atoms with Crippen LogP contribution in [0.1, 0.15) is 0 Å². The van der Waals surface area contributed by atoms with Crippen LogP contribution in [0.3, 0.4) is 0 Å². The van der Waals surface area contributed by atoms with Crippen LogP contribution >= 0.6 is 11.3 Å². The molecule has 50 heavy (non-hydrogen) atoms. The number of hydrogen-bond acceptors (Lipinski definition) is 3. The molecule has 0 aliphatic heterocycles. The molecular weight excluding hydrogens is 627 g/mol. The third-order valence-corrected chi connectivity index (χ3v) is 10.8. The van der Waals surface area contributed by atoms with Crippen molar-refractivity contribution in [1.82, 2.24) is 14.5 Å². The Bertz CT molecular complexity index is 2810. The van der Waals surface area contributed by atoms with Gasteiger partial charge in [-0.25, -0.2) is 9.97 Å². The maximum Gasteiger partial charge on any atom is 0.160 e. The summed E-state index contributed by atoms with van der Waals surface area (Å²) >= 11 is 1.86. The second-order valence-electron chi connectivity index (χ2n) is 12.6. The van der Waals surface area contributed by atoms with Crippen molar-refractivity contribution in [1.29, 1.82) is 0 Å². The van der Waals surface area contributed by atoms with E-state index in [2.05, 4.69) is 168 Å². The fourth-order valence-electron chi connectivity index (χ4n) is 7.21. The molecule has 0 aliphatic carbocycles. The second kappa shape index (κ2) is 11.7. The Morgan fingerprint density at radius 2 is 0.940 bits per heavy atom. The van der Waals surface area contributed by atoms with Crippen molar-refractivity contribution >= 4 is 53.3 Å². The highest BCUT2D eigenvalue weighted by molar-refractivity contribution is 7.25. The zero-order chi connectivity index (χ0) is 33.0. The number of fused-ring (bicyclic) bond motifs is 6. The molecule has 0 fully saturated rings. The third kappa shape index (κ3) is 4.80. The topological polar surface area (TPSA) is 30.7 Å². The van der Waals surface area contributed by atoms with Gasteiger partial charge in [0.15, 0.2) is 5.82 Å². The van der Waals surface area contributed by atoms with E-state index in [0.717, 1.165) is 39.3 Å².